The number of rotatable bonds is 4. The van der Waals surface area contributed by atoms with Gasteiger partial charge in [0.15, 0.2) is 0 Å². The lowest BCUT2D eigenvalue weighted by Gasteiger charge is -2.12. The first-order chi connectivity index (χ1) is 9.17. The van der Waals surface area contributed by atoms with E-state index in [1.807, 2.05) is 0 Å². The molecule has 6 nitrogen and oxygen atoms in total. The molecule has 0 aromatic carbocycles. The lowest BCUT2D eigenvalue weighted by molar-refractivity contribution is -0.390. The number of nitriles is 1. The molecule has 0 aliphatic rings. The van der Waals surface area contributed by atoms with Crippen molar-refractivity contribution in [3.63, 3.8) is 0 Å². The highest BCUT2D eigenvalue weighted by Gasteiger charge is 2.38. The van der Waals surface area contributed by atoms with Crippen LogP contribution in [0.5, 0.6) is 5.88 Å². The molecule has 0 aliphatic heterocycles. The van der Waals surface area contributed by atoms with Crippen LogP contribution in [0.3, 0.4) is 0 Å². The lowest BCUT2D eigenvalue weighted by atomic mass is 10.1. The Bertz CT molecular complexity index is 567. The molecule has 0 bridgehead atoms. The number of hydrogen-bond donors (Lipinski definition) is 0. The van der Waals surface area contributed by atoms with E-state index in [9.17, 15) is 32.1 Å². The molecule has 0 fully saturated rings. The van der Waals surface area contributed by atoms with E-state index in [4.69, 9.17) is 5.26 Å². The van der Waals surface area contributed by atoms with Crippen molar-refractivity contribution in [2.75, 3.05) is 0 Å². The van der Waals surface area contributed by atoms with Crippen LogP contribution in [0.1, 0.15) is 17.6 Å². The Labute approximate surface area is 107 Å². The number of aromatic nitrogens is 1. The number of hydrogen-bond acceptors (Lipinski definition) is 5. The van der Waals surface area contributed by atoms with Crippen molar-refractivity contribution in [1.29, 1.82) is 5.26 Å². The Balaban J connectivity index is 3.52. The van der Waals surface area contributed by atoms with Gasteiger partial charge in [0.1, 0.15) is 0 Å². The van der Waals surface area contributed by atoms with Crippen LogP contribution in [-0.4, -0.2) is 16.3 Å². The fourth-order valence-corrected chi connectivity index (χ4v) is 1.36. The predicted molar refractivity (Wildman–Crippen MR) is 51.8 cm³/mol. The van der Waals surface area contributed by atoms with Crippen molar-refractivity contribution < 1.29 is 31.6 Å². The van der Waals surface area contributed by atoms with Crippen molar-refractivity contribution in [3.8, 4) is 11.9 Å². The summed E-state index contributed by atoms with van der Waals surface area (Å²) in [6, 6.07) is 1.36. The molecule has 11 heteroatoms. The number of nitrogens with zero attached hydrogens (tertiary/aromatic N) is 3. The van der Waals surface area contributed by atoms with Gasteiger partial charge in [-0.1, -0.05) is 0 Å². The normalized spacial score (nSPS) is 11.2. The molecule has 0 radical (unpaired) electrons. The average Bonchev–Trinajstić information content (AvgIpc) is 2.26. The van der Waals surface area contributed by atoms with E-state index < -0.39 is 46.8 Å². The van der Waals surface area contributed by atoms with Crippen molar-refractivity contribution in [2.45, 2.75) is 19.2 Å². The second kappa shape index (κ2) is 5.64. The minimum absolute atomic E-state index is 0.311. The highest BCUT2D eigenvalue weighted by atomic mass is 19.4. The van der Waals surface area contributed by atoms with Crippen LogP contribution < -0.4 is 4.74 Å². The highest BCUT2D eigenvalue weighted by molar-refractivity contribution is 5.53. The molecule has 0 unspecified atom stereocenters. The molecule has 0 amide bonds. The summed E-state index contributed by atoms with van der Waals surface area (Å²) in [7, 11) is 0. The molecule has 0 saturated heterocycles. The van der Waals surface area contributed by atoms with E-state index in [0.29, 0.717) is 6.20 Å². The topological polar surface area (TPSA) is 89.0 Å². The van der Waals surface area contributed by atoms with Crippen LogP contribution in [0.4, 0.5) is 27.6 Å². The number of nitro groups is 1. The molecule has 0 spiro atoms. The third-order valence-electron chi connectivity index (χ3n) is 2.04. The summed E-state index contributed by atoms with van der Waals surface area (Å²) in [5, 5.41) is 19.2. The number of alkyl halides is 5. The van der Waals surface area contributed by atoms with Gasteiger partial charge < -0.3 is 4.74 Å². The van der Waals surface area contributed by atoms with E-state index in [1.165, 1.54) is 6.07 Å². The SMILES string of the molecule is N#CCc1c(C(F)F)cnc(OC(F)(F)F)c1[N+](=O)[O-]. The van der Waals surface area contributed by atoms with Gasteiger partial charge in [0.25, 0.3) is 6.43 Å². The zero-order chi connectivity index (χ0) is 15.5. The largest absolute Gasteiger partial charge is 0.574 e. The van der Waals surface area contributed by atoms with E-state index >= 15 is 0 Å². The Morgan fingerprint density at radius 2 is 2.10 bits per heavy atom. The Kier molecular flexibility index (Phi) is 4.38. The Hall–Kier alpha value is -2.51. The summed E-state index contributed by atoms with van der Waals surface area (Å²) in [5.41, 5.74) is -3.25. The first-order valence-corrected chi connectivity index (χ1v) is 4.74. The van der Waals surface area contributed by atoms with Crippen LogP contribution in [0.25, 0.3) is 0 Å². The third kappa shape index (κ3) is 3.50. The second-order valence-corrected chi connectivity index (χ2v) is 3.29. The standard InChI is InChI=1S/C9H4F5N3O3/c10-7(11)5-3-16-8(20-9(12,13)14)6(17(18)19)4(5)1-2-15/h3,7H,1H2. The van der Waals surface area contributed by atoms with E-state index in [1.54, 1.807) is 0 Å². The summed E-state index contributed by atoms with van der Waals surface area (Å²) < 4.78 is 64.8. The minimum Gasteiger partial charge on any atom is -0.381 e. The van der Waals surface area contributed by atoms with Gasteiger partial charge in [-0.25, -0.2) is 13.8 Å². The molecule has 108 valence electrons. The van der Waals surface area contributed by atoms with Gasteiger partial charge in [-0.3, -0.25) is 10.1 Å². The number of pyridine rings is 1. The molecule has 1 heterocycles. The molecule has 0 saturated carbocycles. The Morgan fingerprint density at radius 1 is 1.50 bits per heavy atom. The molecule has 1 aromatic rings. The summed E-state index contributed by atoms with van der Waals surface area (Å²) in [6.45, 7) is 0. The molecular formula is C9H4F5N3O3. The second-order valence-electron chi connectivity index (χ2n) is 3.29. The lowest BCUT2D eigenvalue weighted by Crippen LogP contribution is -2.19. The van der Waals surface area contributed by atoms with Crippen LogP contribution in [0.15, 0.2) is 6.20 Å². The molecule has 20 heavy (non-hydrogen) atoms. The first-order valence-electron chi connectivity index (χ1n) is 4.74. The van der Waals surface area contributed by atoms with Gasteiger partial charge in [-0.2, -0.15) is 5.26 Å². The number of halogens is 5. The maximum absolute atomic E-state index is 12.6. The quantitative estimate of drug-likeness (QED) is 0.484. The minimum atomic E-state index is -5.28. The molecular weight excluding hydrogens is 293 g/mol. The maximum atomic E-state index is 12.6. The molecule has 0 aliphatic carbocycles. The van der Waals surface area contributed by atoms with E-state index in [2.05, 4.69) is 9.72 Å². The van der Waals surface area contributed by atoms with Gasteiger partial charge in [0.05, 0.1) is 23.0 Å². The summed E-state index contributed by atoms with van der Waals surface area (Å²) in [4.78, 5) is 12.3. The summed E-state index contributed by atoms with van der Waals surface area (Å²) in [5.74, 6) is -1.49. The van der Waals surface area contributed by atoms with E-state index in [0.717, 1.165) is 0 Å². The van der Waals surface area contributed by atoms with Crippen molar-refractivity contribution in [1.82, 2.24) is 4.98 Å². The third-order valence-corrected chi connectivity index (χ3v) is 2.04. The average molecular weight is 297 g/mol. The Morgan fingerprint density at radius 3 is 2.50 bits per heavy atom. The summed E-state index contributed by atoms with van der Waals surface area (Å²) in [6.07, 6.45) is -9.09. The first kappa shape index (κ1) is 15.5. The number of ether oxygens (including phenoxy) is 1. The van der Waals surface area contributed by atoms with Gasteiger partial charge in [0.2, 0.25) is 0 Å². The van der Waals surface area contributed by atoms with Crippen LogP contribution in [0.2, 0.25) is 0 Å². The van der Waals surface area contributed by atoms with Gasteiger partial charge in [-0.15, -0.1) is 13.2 Å². The fourth-order valence-electron chi connectivity index (χ4n) is 1.36. The maximum Gasteiger partial charge on any atom is 0.574 e. The van der Waals surface area contributed by atoms with Crippen molar-refractivity contribution in [3.05, 3.63) is 27.4 Å². The van der Waals surface area contributed by atoms with Crippen LogP contribution >= 0.6 is 0 Å². The fraction of sp³-hybridized carbons (Fsp3) is 0.333. The summed E-state index contributed by atoms with van der Waals surface area (Å²) >= 11 is 0. The molecule has 1 aromatic heterocycles. The monoisotopic (exact) mass is 297 g/mol. The zero-order valence-electron chi connectivity index (χ0n) is 9.32. The zero-order valence-corrected chi connectivity index (χ0v) is 9.32. The molecule has 1 rings (SSSR count). The van der Waals surface area contributed by atoms with Gasteiger partial charge in [0, 0.05) is 11.8 Å². The predicted octanol–water partition coefficient (Wildman–Crippen LogP) is 2.89. The highest BCUT2D eigenvalue weighted by Crippen LogP contribution is 2.37. The molecule has 0 atom stereocenters. The van der Waals surface area contributed by atoms with E-state index in [-0.39, 0.29) is 0 Å². The van der Waals surface area contributed by atoms with Gasteiger partial charge >= 0.3 is 17.9 Å². The van der Waals surface area contributed by atoms with Gasteiger partial charge in [-0.05, 0) is 0 Å². The smallest absolute Gasteiger partial charge is 0.381 e. The van der Waals surface area contributed by atoms with Crippen LogP contribution in [-0.2, 0) is 6.42 Å². The molecule has 0 N–H and O–H groups in total. The van der Waals surface area contributed by atoms with Crippen molar-refractivity contribution >= 4 is 5.69 Å². The van der Waals surface area contributed by atoms with Crippen molar-refractivity contribution in [2.24, 2.45) is 0 Å². The van der Waals surface area contributed by atoms with Crippen LogP contribution in [0, 0.1) is 21.4 Å².